The van der Waals surface area contributed by atoms with Crippen LogP contribution in [0.1, 0.15) is 38.7 Å². The van der Waals surface area contributed by atoms with E-state index in [1.54, 1.807) is 44.4 Å². The molecule has 6 nitrogen and oxygen atoms in total. The van der Waals surface area contributed by atoms with E-state index in [2.05, 4.69) is 10.6 Å². The normalized spacial score (nSPS) is 14.3. The number of nitrogens with one attached hydrogen (secondary N) is 2. The van der Waals surface area contributed by atoms with Crippen LogP contribution < -0.4 is 16.2 Å². The number of halogens is 3. The molecule has 0 saturated carbocycles. The van der Waals surface area contributed by atoms with E-state index in [4.69, 9.17) is 4.74 Å². The number of rotatable bonds is 6. The van der Waals surface area contributed by atoms with Crippen LogP contribution in [0.2, 0.25) is 0 Å². The summed E-state index contributed by atoms with van der Waals surface area (Å²) >= 11 is 0. The first-order valence-electron chi connectivity index (χ1n) is 11.1. The fourth-order valence-electron chi connectivity index (χ4n) is 3.55. The van der Waals surface area contributed by atoms with Crippen molar-refractivity contribution in [3.05, 3.63) is 46.4 Å². The molecule has 3 rings (SSSR count). The van der Waals surface area contributed by atoms with Crippen LogP contribution in [0, 0.1) is 12.8 Å². The minimum absolute atomic E-state index is 0.118. The number of pyridine rings is 1. The summed E-state index contributed by atoms with van der Waals surface area (Å²) in [6.07, 6.45) is -2.39. The second-order valence-electron chi connectivity index (χ2n) is 7.76. The third-order valence-corrected chi connectivity index (χ3v) is 5.29. The number of hydrogen-bond donors (Lipinski definition) is 2. The first-order valence-corrected chi connectivity index (χ1v) is 11.1. The number of nitrogens with zero attached hydrogens (tertiary/aromatic N) is 1. The lowest BCUT2D eigenvalue weighted by Crippen LogP contribution is -2.29. The summed E-state index contributed by atoms with van der Waals surface area (Å²) in [5.74, 6) is -0.365. The van der Waals surface area contributed by atoms with Crippen LogP contribution in [0.3, 0.4) is 0 Å². The zero-order valence-electron chi connectivity index (χ0n) is 19.5. The van der Waals surface area contributed by atoms with Crippen molar-refractivity contribution >= 4 is 17.3 Å². The van der Waals surface area contributed by atoms with Crippen molar-refractivity contribution in [2.45, 2.75) is 46.2 Å². The average Bonchev–Trinajstić information content (AvgIpc) is 2.79. The van der Waals surface area contributed by atoms with E-state index in [-0.39, 0.29) is 23.9 Å². The molecular formula is C24H32F3N3O3. The molecule has 0 unspecified atom stereocenters. The maximum absolute atomic E-state index is 12.6. The van der Waals surface area contributed by atoms with Crippen molar-refractivity contribution in [3.8, 4) is 11.1 Å². The molecule has 0 bridgehead atoms. The van der Waals surface area contributed by atoms with Crippen molar-refractivity contribution in [2.24, 2.45) is 13.0 Å². The minimum Gasteiger partial charge on any atom is -0.383 e. The SMILES string of the molecule is CC.Cc1cc(-c2ccc(NC(=O)C3CCOCC3)c(NCCC(F)(F)F)c2)cn(C)c1=O. The third kappa shape index (κ3) is 7.63. The molecule has 1 aromatic carbocycles. The lowest BCUT2D eigenvalue weighted by Gasteiger charge is -2.22. The van der Waals surface area contributed by atoms with Gasteiger partial charge < -0.3 is 19.9 Å². The summed E-state index contributed by atoms with van der Waals surface area (Å²) in [7, 11) is 1.64. The molecule has 2 aromatic rings. The number of anilines is 2. The number of amides is 1. The van der Waals surface area contributed by atoms with Crippen LogP contribution in [0.25, 0.3) is 11.1 Å². The summed E-state index contributed by atoms with van der Waals surface area (Å²) in [5, 5.41) is 5.65. The standard InChI is InChI=1S/C22H26F3N3O3.C2H6/c1-14-11-17(13-28(2)21(14)30)16-3-4-18(19(12-16)26-8-7-22(23,24)25)27-20(29)15-5-9-31-10-6-15;1-2/h3-4,11-13,15,26H,5-10H2,1-2H3,(H,27,29);1-2H3. The lowest BCUT2D eigenvalue weighted by atomic mass is 9.99. The Morgan fingerprint density at radius 2 is 1.79 bits per heavy atom. The molecular weight excluding hydrogens is 435 g/mol. The van der Waals surface area contributed by atoms with Gasteiger partial charge in [0.1, 0.15) is 0 Å². The van der Waals surface area contributed by atoms with E-state index in [0.717, 1.165) is 11.1 Å². The molecule has 0 spiro atoms. The molecule has 2 heterocycles. The molecule has 1 saturated heterocycles. The van der Waals surface area contributed by atoms with Crippen molar-refractivity contribution in [1.82, 2.24) is 4.57 Å². The molecule has 1 fully saturated rings. The summed E-state index contributed by atoms with van der Waals surface area (Å²) in [4.78, 5) is 24.6. The van der Waals surface area contributed by atoms with Crippen molar-refractivity contribution in [2.75, 3.05) is 30.4 Å². The fourth-order valence-corrected chi connectivity index (χ4v) is 3.55. The number of carbonyl (C=O) groups excluding carboxylic acids is 1. The lowest BCUT2D eigenvalue weighted by molar-refractivity contribution is -0.131. The minimum atomic E-state index is -4.29. The largest absolute Gasteiger partial charge is 0.390 e. The number of benzene rings is 1. The second-order valence-corrected chi connectivity index (χ2v) is 7.76. The summed E-state index contributed by atoms with van der Waals surface area (Å²) < 4.78 is 44.6. The quantitative estimate of drug-likeness (QED) is 0.619. The third-order valence-electron chi connectivity index (χ3n) is 5.29. The van der Waals surface area contributed by atoms with Gasteiger partial charge in [-0.15, -0.1) is 0 Å². The predicted octanol–water partition coefficient (Wildman–Crippen LogP) is 5.12. The molecule has 0 radical (unpaired) electrons. The highest BCUT2D eigenvalue weighted by molar-refractivity contribution is 5.96. The molecule has 1 amide bonds. The number of aromatic nitrogens is 1. The van der Waals surface area contributed by atoms with Crippen LogP contribution in [0.4, 0.5) is 24.5 Å². The Balaban J connectivity index is 0.00000187. The van der Waals surface area contributed by atoms with Crippen LogP contribution in [-0.4, -0.2) is 36.4 Å². The Bertz CT molecular complexity index is 970. The highest BCUT2D eigenvalue weighted by Crippen LogP contribution is 2.31. The van der Waals surface area contributed by atoms with Gasteiger partial charge in [0, 0.05) is 44.5 Å². The Labute approximate surface area is 192 Å². The highest BCUT2D eigenvalue weighted by atomic mass is 19.4. The Hall–Kier alpha value is -2.81. The maximum Gasteiger partial charge on any atom is 0.390 e. The maximum atomic E-state index is 12.6. The summed E-state index contributed by atoms with van der Waals surface area (Å²) in [5.41, 5.74) is 2.73. The van der Waals surface area contributed by atoms with Crippen molar-refractivity contribution < 1.29 is 22.7 Å². The second kappa shape index (κ2) is 11.9. The van der Waals surface area contributed by atoms with Gasteiger partial charge in [-0.2, -0.15) is 13.2 Å². The number of alkyl halides is 3. The number of ether oxygens (including phenoxy) is 1. The van der Waals surface area contributed by atoms with E-state index in [9.17, 15) is 22.8 Å². The van der Waals surface area contributed by atoms with Gasteiger partial charge in [0.15, 0.2) is 0 Å². The first kappa shape index (κ1) is 26.4. The van der Waals surface area contributed by atoms with E-state index in [1.165, 1.54) is 4.57 Å². The molecule has 0 atom stereocenters. The van der Waals surface area contributed by atoms with E-state index < -0.39 is 12.6 Å². The summed E-state index contributed by atoms with van der Waals surface area (Å²) in [6.45, 7) is 6.41. The van der Waals surface area contributed by atoms with Crippen molar-refractivity contribution in [3.63, 3.8) is 0 Å². The topological polar surface area (TPSA) is 72.4 Å². The van der Waals surface area contributed by atoms with Gasteiger partial charge in [-0.1, -0.05) is 19.9 Å². The van der Waals surface area contributed by atoms with Gasteiger partial charge in [0.2, 0.25) is 5.91 Å². The molecule has 0 aliphatic carbocycles. The zero-order valence-corrected chi connectivity index (χ0v) is 19.5. The average molecular weight is 468 g/mol. The van der Waals surface area contributed by atoms with E-state index >= 15 is 0 Å². The zero-order chi connectivity index (χ0) is 24.6. The van der Waals surface area contributed by atoms with Gasteiger partial charge in [0.25, 0.3) is 5.56 Å². The Kier molecular flexibility index (Phi) is 9.52. The van der Waals surface area contributed by atoms with Crippen molar-refractivity contribution in [1.29, 1.82) is 0 Å². The van der Waals surface area contributed by atoms with Gasteiger partial charge in [-0.05, 0) is 49.1 Å². The van der Waals surface area contributed by atoms with Crippen LogP contribution in [0.5, 0.6) is 0 Å². The monoisotopic (exact) mass is 467 g/mol. The molecule has 1 aromatic heterocycles. The Morgan fingerprint density at radius 3 is 2.39 bits per heavy atom. The van der Waals surface area contributed by atoms with Crippen LogP contribution in [0.15, 0.2) is 35.3 Å². The highest BCUT2D eigenvalue weighted by Gasteiger charge is 2.27. The van der Waals surface area contributed by atoms with Gasteiger partial charge in [-0.25, -0.2) is 0 Å². The molecule has 2 N–H and O–H groups in total. The van der Waals surface area contributed by atoms with Crippen LogP contribution >= 0.6 is 0 Å². The Morgan fingerprint density at radius 1 is 1.12 bits per heavy atom. The predicted molar refractivity (Wildman–Crippen MR) is 125 cm³/mol. The molecule has 1 aliphatic heterocycles. The van der Waals surface area contributed by atoms with Gasteiger partial charge >= 0.3 is 6.18 Å². The van der Waals surface area contributed by atoms with E-state index in [1.807, 2.05) is 13.8 Å². The number of carbonyl (C=O) groups is 1. The smallest absolute Gasteiger partial charge is 0.383 e. The van der Waals surface area contributed by atoms with Gasteiger partial charge in [-0.3, -0.25) is 9.59 Å². The molecule has 33 heavy (non-hydrogen) atoms. The summed E-state index contributed by atoms with van der Waals surface area (Å²) in [6, 6.07) is 6.86. The molecule has 1 aliphatic rings. The fraction of sp³-hybridized carbons (Fsp3) is 0.500. The molecule has 9 heteroatoms. The van der Waals surface area contributed by atoms with E-state index in [0.29, 0.717) is 43.0 Å². The first-order chi connectivity index (χ1) is 15.6. The van der Waals surface area contributed by atoms with Gasteiger partial charge in [0.05, 0.1) is 17.8 Å². The molecule has 182 valence electrons. The van der Waals surface area contributed by atoms with Crippen LogP contribution in [-0.2, 0) is 16.6 Å². The number of hydrogen-bond acceptors (Lipinski definition) is 4. The number of aryl methyl sites for hydroxylation is 2.